The molecular weight excluding hydrogens is 488 g/mol. The van der Waals surface area contributed by atoms with E-state index < -0.39 is 31.2 Å². The third kappa shape index (κ3) is 8.08. The number of aryl methyl sites for hydroxylation is 1. The zero-order valence-corrected chi connectivity index (χ0v) is 19.3. The summed E-state index contributed by atoms with van der Waals surface area (Å²) in [5, 5.41) is 9.78. The van der Waals surface area contributed by atoms with Gasteiger partial charge in [-0.05, 0) is 55.7 Å². The number of hydrogen-bond acceptors (Lipinski definition) is 4. The number of hydrogen-bond donors (Lipinski definition) is 1. The number of benzene rings is 3. The molecule has 0 saturated heterocycles. The minimum absolute atomic E-state index is 0.103. The van der Waals surface area contributed by atoms with E-state index in [0.29, 0.717) is 17.2 Å². The van der Waals surface area contributed by atoms with E-state index in [0.717, 1.165) is 0 Å². The molecule has 0 amide bonds. The first-order valence-electron chi connectivity index (χ1n) is 11.1. The third-order valence-corrected chi connectivity index (χ3v) is 5.44. The molecule has 3 aromatic rings. The molecule has 0 aliphatic heterocycles. The van der Waals surface area contributed by atoms with E-state index in [1.165, 1.54) is 23.1 Å². The number of alkyl halides is 6. The van der Waals surface area contributed by atoms with Crippen molar-refractivity contribution in [2.45, 2.75) is 44.4 Å². The summed E-state index contributed by atoms with van der Waals surface area (Å²) in [4.78, 5) is 1.36. The Balaban J connectivity index is 1.82. The van der Waals surface area contributed by atoms with E-state index in [2.05, 4.69) is 4.74 Å². The van der Waals surface area contributed by atoms with Crippen molar-refractivity contribution in [1.82, 2.24) is 0 Å². The number of halogens is 6. The standard InChI is InChI=1S/C26H25F6NO3/c1-18(14-15-19-8-5-6-13-23(19)36-26(30,31)32)33(17-24(34)25(27,28)29)20-9-7-12-22(16-20)35-21-10-3-2-4-11-21/h2-13,16,18,24,34H,14-15,17H2,1H3. The van der Waals surface area contributed by atoms with Gasteiger partial charge in [-0.2, -0.15) is 13.2 Å². The van der Waals surface area contributed by atoms with E-state index in [4.69, 9.17) is 4.74 Å². The Morgan fingerprint density at radius 1 is 0.833 bits per heavy atom. The maximum absolute atomic E-state index is 13.2. The van der Waals surface area contributed by atoms with Gasteiger partial charge in [-0.25, -0.2) is 0 Å². The minimum Gasteiger partial charge on any atom is -0.457 e. The summed E-state index contributed by atoms with van der Waals surface area (Å²) in [6.45, 7) is 0.876. The highest BCUT2D eigenvalue weighted by molar-refractivity contribution is 5.52. The van der Waals surface area contributed by atoms with Gasteiger partial charge in [0.05, 0.1) is 6.54 Å². The summed E-state index contributed by atoms with van der Waals surface area (Å²) in [6.07, 6.45) is -12.1. The van der Waals surface area contributed by atoms with Gasteiger partial charge in [0.1, 0.15) is 17.2 Å². The van der Waals surface area contributed by atoms with Crippen molar-refractivity contribution in [3.05, 3.63) is 84.4 Å². The molecule has 2 unspecified atom stereocenters. The zero-order valence-electron chi connectivity index (χ0n) is 19.3. The summed E-state index contributed by atoms with van der Waals surface area (Å²) in [5.74, 6) is 0.546. The number of anilines is 1. The van der Waals surface area contributed by atoms with Crippen LogP contribution in [0.15, 0.2) is 78.9 Å². The highest BCUT2D eigenvalue weighted by Gasteiger charge is 2.40. The highest BCUT2D eigenvalue weighted by Crippen LogP contribution is 2.31. The number of nitrogens with zero attached hydrogens (tertiary/aromatic N) is 1. The molecule has 3 rings (SSSR count). The molecule has 0 spiro atoms. The Labute approximate surface area is 204 Å². The fourth-order valence-electron chi connectivity index (χ4n) is 3.63. The van der Waals surface area contributed by atoms with Gasteiger partial charge < -0.3 is 19.5 Å². The lowest BCUT2D eigenvalue weighted by Crippen LogP contribution is -2.45. The number of para-hydroxylation sites is 2. The second kappa shape index (κ2) is 11.6. The van der Waals surface area contributed by atoms with E-state index >= 15 is 0 Å². The van der Waals surface area contributed by atoms with Crippen molar-refractivity contribution in [3.8, 4) is 17.2 Å². The van der Waals surface area contributed by atoms with Crippen LogP contribution in [-0.2, 0) is 6.42 Å². The predicted molar refractivity (Wildman–Crippen MR) is 123 cm³/mol. The van der Waals surface area contributed by atoms with Crippen LogP contribution in [0.25, 0.3) is 0 Å². The molecule has 0 fully saturated rings. The van der Waals surface area contributed by atoms with E-state index in [9.17, 15) is 31.4 Å². The molecule has 1 N–H and O–H groups in total. The molecule has 36 heavy (non-hydrogen) atoms. The Morgan fingerprint density at radius 3 is 2.14 bits per heavy atom. The monoisotopic (exact) mass is 513 g/mol. The summed E-state index contributed by atoms with van der Waals surface area (Å²) in [7, 11) is 0. The quantitative estimate of drug-likeness (QED) is 0.293. The van der Waals surface area contributed by atoms with Crippen LogP contribution in [0.1, 0.15) is 18.9 Å². The minimum atomic E-state index is -4.87. The number of ether oxygens (including phenoxy) is 2. The molecule has 2 atom stereocenters. The van der Waals surface area contributed by atoms with Gasteiger partial charge >= 0.3 is 12.5 Å². The molecule has 0 aliphatic rings. The molecule has 10 heteroatoms. The molecule has 0 aromatic heterocycles. The SMILES string of the molecule is CC(CCc1ccccc1OC(F)(F)F)N(CC(O)C(F)(F)F)c1cccc(Oc2ccccc2)c1. The van der Waals surface area contributed by atoms with Gasteiger partial charge in [0.25, 0.3) is 0 Å². The van der Waals surface area contributed by atoms with Gasteiger partial charge in [0, 0.05) is 17.8 Å². The summed E-state index contributed by atoms with van der Waals surface area (Å²) in [6, 6.07) is 20.2. The molecule has 3 aromatic carbocycles. The first-order valence-corrected chi connectivity index (χ1v) is 11.1. The lowest BCUT2D eigenvalue weighted by Gasteiger charge is -2.34. The number of aliphatic hydroxyl groups excluding tert-OH is 1. The van der Waals surface area contributed by atoms with E-state index in [1.807, 2.05) is 6.07 Å². The number of aliphatic hydroxyl groups is 1. The summed E-state index contributed by atoms with van der Waals surface area (Å²) >= 11 is 0. The van der Waals surface area contributed by atoms with Crippen LogP contribution < -0.4 is 14.4 Å². The van der Waals surface area contributed by atoms with Crippen LogP contribution in [0.5, 0.6) is 17.2 Å². The normalized spacial score (nSPS) is 13.7. The Bertz CT molecular complexity index is 1100. The van der Waals surface area contributed by atoms with Gasteiger partial charge in [0.2, 0.25) is 0 Å². The highest BCUT2D eigenvalue weighted by atomic mass is 19.4. The van der Waals surface area contributed by atoms with Crippen LogP contribution in [0.4, 0.5) is 32.0 Å². The van der Waals surface area contributed by atoms with Crippen LogP contribution >= 0.6 is 0 Å². The molecule has 4 nitrogen and oxygen atoms in total. The van der Waals surface area contributed by atoms with E-state index in [-0.39, 0.29) is 24.2 Å². The fourth-order valence-corrected chi connectivity index (χ4v) is 3.63. The van der Waals surface area contributed by atoms with Gasteiger partial charge in [0.15, 0.2) is 6.10 Å². The predicted octanol–water partition coefficient (Wildman–Crippen LogP) is 7.13. The average molecular weight is 513 g/mol. The lowest BCUT2D eigenvalue weighted by molar-refractivity contribution is -0.274. The van der Waals surface area contributed by atoms with Crippen LogP contribution in [-0.4, -0.2) is 36.3 Å². The van der Waals surface area contributed by atoms with Crippen LogP contribution in [0, 0.1) is 0 Å². The molecule has 0 heterocycles. The fraction of sp³-hybridized carbons (Fsp3) is 0.308. The van der Waals surface area contributed by atoms with Crippen LogP contribution in [0.3, 0.4) is 0 Å². The molecule has 194 valence electrons. The average Bonchev–Trinajstić information content (AvgIpc) is 2.81. The lowest BCUT2D eigenvalue weighted by atomic mass is 10.0. The van der Waals surface area contributed by atoms with E-state index in [1.54, 1.807) is 61.5 Å². The van der Waals surface area contributed by atoms with Crippen LogP contribution in [0.2, 0.25) is 0 Å². The number of rotatable bonds is 10. The first-order chi connectivity index (χ1) is 16.9. The first kappa shape index (κ1) is 27.2. The topological polar surface area (TPSA) is 41.9 Å². The van der Waals surface area contributed by atoms with Gasteiger partial charge in [-0.1, -0.05) is 42.5 Å². The van der Waals surface area contributed by atoms with Crippen molar-refractivity contribution in [2.24, 2.45) is 0 Å². The third-order valence-electron chi connectivity index (χ3n) is 5.44. The zero-order chi connectivity index (χ0) is 26.3. The van der Waals surface area contributed by atoms with Gasteiger partial charge in [-0.15, -0.1) is 13.2 Å². The second-order valence-corrected chi connectivity index (χ2v) is 8.17. The largest absolute Gasteiger partial charge is 0.573 e. The van der Waals surface area contributed by atoms with Crippen molar-refractivity contribution in [2.75, 3.05) is 11.4 Å². The summed E-state index contributed by atoms with van der Waals surface area (Å²) < 4.78 is 87.7. The molecular formula is C26H25F6NO3. The molecule has 0 aliphatic carbocycles. The molecule has 0 radical (unpaired) electrons. The maximum Gasteiger partial charge on any atom is 0.573 e. The van der Waals surface area contributed by atoms with Crippen molar-refractivity contribution in [3.63, 3.8) is 0 Å². The Hall–Kier alpha value is -3.40. The second-order valence-electron chi connectivity index (χ2n) is 8.17. The summed E-state index contributed by atoms with van der Waals surface area (Å²) in [5.41, 5.74) is 0.623. The Kier molecular flexibility index (Phi) is 8.73. The van der Waals surface area contributed by atoms with Crippen molar-refractivity contribution < 1.29 is 40.9 Å². The Morgan fingerprint density at radius 2 is 1.47 bits per heavy atom. The van der Waals surface area contributed by atoms with Crippen molar-refractivity contribution in [1.29, 1.82) is 0 Å². The smallest absolute Gasteiger partial charge is 0.457 e. The maximum atomic E-state index is 13.2. The molecule has 0 bridgehead atoms. The van der Waals surface area contributed by atoms with Crippen molar-refractivity contribution >= 4 is 5.69 Å². The van der Waals surface area contributed by atoms with Gasteiger partial charge in [-0.3, -0.25) is 0 Å². The molecule has 0 saturated carbocycles.